The molecule has 1 aromatic carbocycles. The van der Waals surface area contributed by atoms with Crippen LogP contribution in [0, 0.1) is 0 Å². The molecule has 0 aliphatic carbocycles. The molecule has 0 fully saturated rings. The molecule has 0 bridgehead atoms. The van der Waals surface area contributed by atoms with Gasteiger partial charge in [0, 0.05) is 0 Å². The minimum Gasteiger partial charge on any atom is -0.482 e. The molecule has 0 aromatic heterocycles. The second-order valence-electron chi connectivity index (χ2n) is 3.02. The fourth-order valence-corrected chi connectivity index (χ4v) is 1.10. The topological polar surface area (TPSA) is 55.8 Å². The van der Waals surface area contributed by atoms with Crippen molar-refractivity contribution in [2.75, 3.05) is 20.3 Å². The standard InChI is InChI=1S/C12H14O4/c1-15-12(14)9-16-11-6-2-4-10(8-11)5-3-7-13/h2-6,8,13H,7,9H2,1H3/b5-3+. The molecule has 1 rings (SSSR count). The number of benzene rings is 1. The molecule has 4 nitrogen and oxygen atoms in total. The molecule has 0 atom stereocenters. The van der Waals surface area contributed by atoms with Crippen LogP contribution in [0.1, 0.15) is 5.56 Å². The Balaban J connectivity index is 2.60. The molecule has 86 valence electrons. The van der Waals surface area contributed by atoms with Gasteiger partial charge in [0.05, 0.1) is 13.7 Å². The normalized spacial score (nSPS) is 10.4. The first-order valence-electron chi connectivity index (χ1n) is 4.83. The Morgan fingerprint density at radius 1 is 1.50 bits per heavy atom. The summed E-state index contributed by atoms with van der Waals surface area (Å²) in [6.07, 6.45) is 3.39. The van der Waals surface area contributed by atoms with E-state index in [0.717, 1.165) is 5.56 Å². The highest BCUT2D eigenvalue weighted by atomic mass is 16.6. The molecule has 0 aliphatic heterocycles. The van der Waals surface area contributed by atoms with Crippen molar-refractivity contribution in [1.29, 1.82) is 0 Å². The van der Waals surface area contributed by atoms with Gasteiger partial charge in [-0.25, -0.2) is 4.79 Å². The summed E-state index contributed by atoms with van der Waals surface area (Å²) in [5, 5.41) is 8.63. The summed E-state index contributed by atoms with van der Waals surface area (Å²) in [4.78, 5) is 10.8. The Kier molecular flexibility index (Phi) is 5.08. The fourth-order valence-electron chi connectivity index (χ4n) is 1.10. The lowest BCUT2D eigenvalue weighted by atomic mass is 10.2. The molecule has 0 amide bonds. The van der Waals surface area contributed by atoms with E-state index in [1.54, 1.807) is 24.3 Å². The maximum absolute atomic E-state index is 10.8. The van der Waals surface area contributed by atoms with Gasteiger partial charge in [-0.05, 0) is 17.7 Å². The molecule has 0 saturated heterocycles. The van der Waals surface area contributed by atoms with Crippen LogP contribution in [0.3, 0.4) is 0 Å². The van der Waals surface area contributed by atoms with Gasteiger partial charge in [0.15, 0.2) is 6.61 Å². The number of methoxy groups -OCH3 is 1. The SMILES string of the molecule is COC(=O)COc1cccc(/C=C/CO)c1. The number of hydrogen-bond donors (Lipinski definition) is 1. The Morgan fingerprint density at radius 2 is 2.31 bits per heavy atom. The van der Waals surface area contributed by atoms with E-state index < -0.39 is 5.97 Å². The number of esters is 1. The summed E-state index contributed by atoms with van der Waals surface area (Å²) in [6.45, 7) is -0.114. The lowest BCUT2D eigenvalue weighted by Crippen LogP contribution is -2.12. The molecular weight excluding hydrogens is 208 g/mol. The lowest BCUT2D eigenvalue weighted by Gasteiger charge is -2.05. The van der Waals surface area contributed by atoms with Crippen LogP contribution >= 0.6 is 0 Å². The van der Waals surface area contributed by atoms with Crippen molar-refractivity contribution in [1.82, 2.24) is 0 Å². The van der Waals surface area contributed by atoms with E-state index in [-0.39, 0.29) is 13.2 Å². The monoisotopic (exact) mass is 222 g/mol. The molecule has 4 heteroatoms. The summed E-state index contributed by atoms with van der Waals surface area (Å²) >= 11 is 0. The van der Waals surface area contributed by atoms with Gasteiger partial charge in [-0.2, -0.15) is 0 Å². The van der Waals surface area contributed by atoms with E-state index >= 15 is 0 Å². The van der Waals surface area contributed by atoms with Crippen molar-refractivity contribution >= 4 is 12.0 Å². The highest BCUT2D eigenvalue weighted by Gasteiger charge is 2.01. The predicted molar refractivity (Wildman–Crippen MR) is 60.1 cm³/mol. The van der Waals surface area contributed by atoms with E-state index in [4.69, 9.17) is 9.84 Å². The zero-order valence-electron chi connectivity index (χ0n) is 9.05. The summed E-state index contributed by atoms with van der Waals surface area (Å²) in [5.74, 6) is 0.168. The van der Waals surface area contributed by atoms with Crippen molar-refractivity contribution in [2.45, 2.75) is 0 Å². The van der Waals surface area contributed by atoms with Gasteiger partial charge in [-0.3, -0.25) is 0 Å². The fraction of sp³-hybridized carbons (Fsp3) is 0.250. The highest BCUT2D eigenvalue weighted by molar-refractivity contribution is 5.70. The third-order valence-electron chi connectivity index (χ3n) is 1.86. The second-order valence-corrected chi connectivity index (χ2v) is 3.02. The van der Waals surface area contributed by atoms with Gasteiger partial charge in [0.1, 0.15) is 5.75 Å². The van der Waals surface area contributed by atoms with E-state index in [9.17, 15) is 4.79 Å². The van der Waals surface area contributed by atoms with Crippen LogP contribution in [-0.4, -0.2) is 31.4 Å². The maximum Gasteiger partial charge on any atom is 0.343 e. The summed E-state index contributed by atoms with van der Waals surface area (Å²) in [6, 6.07) is 7.20. The van der Waals surface area contributed by atoms with Crippen LogP contribution in [-0.2, 0) is 9.53 Å². The van der Waals surface area contributed by atoms with Gasteiger partial charge in [-0.1, -0.05) is 24.3 Å². The third kappa shape index (κ3) is 4.14. The molecule has 1 aromatic rings. The number of hydrogen-bond acceptors (Lipinski definition) is 4. The van der Waals surface area contributed by atoms with Crippen LogP contribution in [0.5, 0.6) is 5.75 Å². The van der Waals surface area contributed by atoms with Gasteiger partial charge >= 0.3 is 5.97 Å². The van der Waals surface area contributed by atoms with Crippen LogP contribution in [0.25, 0.3) is 6.08 Å². The predicted octanol–water partition coefficient (Wildman–Crippen LogP) is 1.24. The number of aliphatic hydroxyl groups is 1. The van der Waals surface area contributed by atoms with Crippen LogP contribution in [0.15, 0.2) is 30.3 Å². The molecule has 0 unspecified atom stereocenters. The number of rotatable bonds is 5. The molecule has 16 heavy (non-hydrogen) atoms. The van der Waals surface area contributed by atoms with Crippen molar-refractivity contribution in [3.05, 3.63) is 35.9 Å². The van der Waals surface area contributed by atoms with Gasteiger partial charge in [0.25, 0.3) is 0 Å². The molecule has 0 heterocycles. The van der Waals surface area contributed by atoms with Crippen molar-refractivity contribution in [3.63, 3.8) is 0 Å². The van der Waals surface area contributed by atoms with Crippen molar-refractivity contribution in [2.24, 2.45) is 0 Å². The molecule has 0 aliphatic rings. The second kappa shape index (κ2) is 6.63. The number of aliphatic hydroxyl groups excluding tert-OH is 1. The minimum atomic E-state index is -0.420. The van der Waals surface area contributed by atoms with Gasteiger partial charge < -0.3 is 14.6 Å². The maximum atomic E-state index is 10.8. The first-order chi connectivity index (χ1) is 7.76. The quantitative estimate of drug-likeness (QED) is 0.762. The van der Waals surface area contributed by atoms with E-state index in [0.29, 0.717) is 5.75 Å². The average Bonchev–Trinajstić information content (AvgIpc) is 2.34. The first-order valence-corrected chi connectivity index (χ1v) is 4.83. The molecule has 0 spiro atoms. The van der Waals surface area contributed by atoms with Gasteiger partial charge in [0.2, 0.25) is 0 Å². The Morgan fingerprint density at radius 3 is 3.00 bits per heavy atom. The van der Waals surface area contributed by atoms with Gasteiger partial charge in [-0.15, -0.1) is 0 Å². The molecular formula is C12H14O4. The Bertz CT molecular complexity index is 371. The molecule has 1 N–H and O–H groups in total. The van der Waals surface area contributed by atoms with Crippen LogP contribution in [0.4, 0.5) is 0 Å². The Labute approximate surface area is 94.1 Å². The number of carbonyl (C=O) groups excluding carboxylic acids is 1. The molecule has 0 saturated carbocycles. The van der Waals surface area contributed by atoms with Crippen molar-refractivity contribution in [3.8, 4) is 5.75 Å². The smallest absolute Gasteiger partial charge is 0.343 e. The van der Waals surface area contributed by atoms with Crippen LogP contribution < -0.4 is 4.74 Å². The minimum absolute atomic E-state index is 0.00670. The van der Waals surface area contributed by atoms with Crippen LogP contribution in [0.2, 0.25) is 0 Å². The average molecular weight is 222 g/mol. The Hall–Kier alpha value is -1.81. The third-order valence-corrected chi connectivity index (χ3v) is 1.86. The van der Waals surface area contributed by atoms with Crippen molar-refractivity contribution < 1.29 is 19.4 Å². The van der Waals surface area contributed by atoms with E-state index in [1.165, 1.54) is 7.11 Å². The zero-order chi connectivity index (χ0) is 11.8. The summed E-state index contributed by atoms with van der Waals surface area (Å²) in [7, 11) is 1.31. The molecule has 0 radical (unpaired) electrons. The highest BCUT2D eigenvalue weighted by Crippen LogP contribution is 2.14. The largest absolute Gasteiger partial charge is 0.482 e. The first kappa shape index (κ1) is 12.3. The number of carbonyl (C=O) groups is 1. The summed E-state index contributed by atoms with van der Waals surface area (Å²) in [5.41, 5.74) is 0.899. The van der Waals surface area contributed by atoms with E-state index in [1.807, 2.05) is 12.1 Å². The number of ether oxygens (including phenoxy) is 2. The van der Waals surface area contributed by atoms with E-state index in [2.05, 4.69) is 4.74 Å². The summed E-state index contributed by atoms with van der Waals surface area (Å²) < 4.78 is 9.66. The lowest BCUT2D eigenvalue weighted by molar-refractivity contribution is -0.142. The zero-order valence-corrected chi connectivity index (χ0v) is 9.05.